The van der Waals surface area contributed by atoms with E-state index < -0.39 is 36.9 Å². The van der Waals surface area contributed by atoms with E-state index in [4.69, 9.17) is 0 Å². The summed E-state index contributed by atoms with van der Waals surface area (Å²) in [5.41, 5.74) is 0.0751. The van der Waals surface area contributed by atoms with Gasteiger partial charge in [-0.15, -0.1) is 0 Å². The first-order valence-electron chi connectivity index (χ1n) is 7.23. The summed E-state index contributed by atoms with van der Waals surface area (Å²) in [5, 5.41) is 3.09. The van der Waals surface area contributed by atoms with E-state index in [9.17, 15) is 39.9 Å². The molecule has 1 N–H and O–H groups in total. The van der Waals surface area contributed by atoms with Crippen LogP contribution in [0.2, 0.25) is 0 Å². The standard InChI is InChI=1S/C16H11F8NO2/c17-12(18)15(21,22)16(23,24)14(19,20)8-27-13(26)25-11-7-3-5-9-4-1-2-6-10(9)11/h1-7,12H,8H2,(H,25,26). The average molecular weight is 401 g/mol. The van der Waals surface area contributed by atoms with Crippen molar-refractivity contribution >= 4 is 22.6 Å². The first kappa shape index (κ1) is 20.7. The number of nitrogens with one attached hydrogen (secondary N) is 1. The molecule has 0 aliphatic heterocycles. The summed E-state index contributed by atoms with van der Waals surface area (Å²) in [5.74, 6) is -18.5. The van der Waals surface area contributed by atoms with Crippen LogP contribution in [-0.2, 0) is 4.74 Å². The van der Waals surface area contributed by atoms with E-state index in [1.807, 2.05) is 5.32 Å². The maximum atomic E-state index is 13.3. The highest BCUT2D eigenvalue weighted by atomic mass is 19.4. The molecule has 0 bridgehead atoms. The molecule has 2 aromatic rings. The minimum Gasteiger partial charge on any atom is -0.443 e. The molecule has 0 spiro atoms. The molecule has 0 radical (unpaired) electrons. The summed E-state index contributed by atoms with van der Waals surface area (Å²) >= 11 is 0. The molecule has 0 fully saturated rings. The van der Waals surface area contributed by atoms with E-state index in [0.29, 0.717) is 10.8 Å². The number of rotatable bonds is 6. The molecule has 1 amide bonds. The van der Waals surface area contributed by atoms with Crippen LogP contribution in [0.25, 0.3) is 10.8 Å². The van der Waals surface area contributed by atoms with Gasteiger partial charge in [0.2, 0.25) is 0 Å². The highest BCUT2D eigenvalue weighted by Crippen LogP contribution is 2.48. The summed E-state index contributed by atoms with van der Waals surface area (Å²) in [4.78, 5) is 11.6. The van der Waals surface area contributed by atoms with Gasteiger partial charge in [-0.3, -0.25) is 5.32 Å². The van der Waals surface area contributed by atoms with Gasteiger partial charge in [0.15, 0.2) is 6.61 Å². The molecule has 0 aliphatic carbocycles. The van der Waals surface area contributed by atoms with Gasteiger partial charge in [-0.2, -0.15) is 26.3 Å². The van der Waals surface area contributed by atoms with Crippen LogP contribution in [-0.4, -0.2) is 36.9 Å². The number of alkyl halides is 8. The molecule has 0 aliphatic rings. The van der Waals surface area contributed by atoms with Gasteiger partial charge in [-0.05, 0) is 11.5 Å². The number of anilines is 1. The molecule has 0 saturated heterocycles. The van der Waals surface area contributed by atoms with Gasteiger partial charge < -0.3 is 4.74 Å². The second-order valence-electron chi connectivity index (χ2n) is 5.43. The summed E-state index contributed by atoms with van der Waals surface area (Å²) in [6, 6.07) is 11.0. The zero-order chi connectivity index (χ0) is 20.5. The molecule has 0 unspecified atom stereocenters. The fourth-order valence-corrected chi connectivity index (χ4v) is 2.11. The third-order valence-electron chi connectivity index (χ3n) is 3.56. The van der Waals surface area contributed by atoms with Crippen molar-refractivity contribution in [3.8, 4) is 0 Å². The van der Waals surface area contributed by atoms with Gasteiger partial charge in [0.05, 0.1) is 5.69 Å². The van der Waals surface area contributed by atoms with Crippen LogP contribution in [0.1, 0.15) is 0 Å². The second kappa shape index (κ2) is 7.20. The highest BCUT2D eigenvalue weighted by Gasteiger charge is 2.75. The van der Waals surface area contributed by atoms with Crippen LogP contribution < -0.4 is 5.32 Å². The Hall–Kier alpha value is -2.59. The van der Waals surface area contributed by atoms with E-state index >= 15 is 0 Å². The lowest BCUT2D eigenvalue weighted by Crippen LogP contribution is -2.59. The van der Waals surface area contributed by atoms with Crippen molar-refractivity contribution < 1.29 is 44.7 Å². The van der Waals surface area contributed by atoms with Crippen molar-refractivity contribution in [1.82, 2.24) is 0 Å². The maximum Gasteiger partial charge on any atom is 0.411 e. The van der Waals surface area contributed by atoms with Gasteiger partial charge in [0.25, 0.3) is 0 Å². The monoisotopic (exact) mass is 401 g/mol. The molecular weight excluding hydrogens is 390 g/mol. The predicted octanol–water partition coefficient (Wildman–Crippen LogP) is 5.56. The first-order chi connectivity index (χ1) is 12.4. The second-order valence-corrected chi connectivity index (χ2v) is 5.43. The molecule has 148 valence electrons. The molecule has 0 atom stereocenters. The normalized spacial score (nSPS) is 13.1. The van der Waals surface area contributed by atoms with E-state index in [0.717, 1.165) is 0 Å². The van der Waals surface area contributed by atoms with E-state index in [1.54, 1.807) is 30.3 Å². The Kier molecular flexibility index (Phi) is 5.52. The molecule has 0 heterocycles. The fourth-order valence-electron chi connectivity index (χ4n) is 2.11. The Morgan fingerprint density at radius 2 is 1.56 bits per heavy atom. The minimum atomic E-state index is -6.44. The fraction of sp³-hybridized carbons (Fsp3) is 0.312. The lowest BCUT2D eigenvalue weighted by molar-refractivity contribution is -0.343. The van der Waals surface area contributed by atoms with Gasteiger partial charge in [0, 0.05) is 5.39 Å². The molecule has 2 aromatic carbocycles. The zero-order valence-electron chi connectivity index (χ0n) is 13.2. The summed E-state index contributed by atoms with van der Waals surface area (Å²) in [7, 11) is 0. The van der Waals surface area contributed by atoms with Crippen LogP contribution >= 0.6 is 0 Å². The third-order valence-corrected chi connectivity index (χ3v) is 3.56. The molecule has 27 heavy (non-hydrogen) atoms. The smallest absolute Gasteiger partial charge is 0.411 e. The Bertz CT molecular complexity index is 820. The van der Waals surface area contributed by atoms with Crippen molar-refractivity contribution in [2.45, 2.75) is 24.2 Å². The number of hydrogen-bond donors (Lipinski definition) is 1. The maximum absolute atomic E-state index is 13.3. The summed E-state index contributed by atoms with van der Waals surface area (Å²) < 4.78 is 106. The number of hydrogen-bond acceptors (Lipinski definition) is 2. The first-order valence-corrected chi connectivity index (χ1v) is 7.23. The Morgan fingerprint density at radius 3 is 2.19 bits per heavy atom. The van der Waals surface area contributed by atoms with Crippen LogP contribution in [0, 0.1) is 0 Å². The van der Waals surface area contributed by atoms with Gasteiger partial charge in [0.1, 0.15) is 0 Å². The number of carbonyl (C=O) groups excluding carboxylic acids is 1. The quantitative estimate of drug-likeness (QED) is 0.644. The van der Waals surface area contributed by atoms with Crippen molar-refractivity contribution in [1.29, 1.82) is 0 Å². The van der Waals surface area contributed by atoms with E-state index in [-0.39, 0.29) is 5.69 Å². The Balaban J connectivity index is 2.10. The predicted molar refractivity (Wildman–Crippen MR) is 79.8 cm³/mol. The largest absolute Gasteiger partial charge is 0.443 e. The molecule has 3 nitrogen and oxygen atoms in total. The number of fused-ring (bicyclic) bond motifs is 1. The third kappa shape index (κ3) is 3.91. The lowest BCUT2D eigenvalue weighted by atomic mass is 10.1. The molecule has 0 saturated carbocycles. The Morgan fingerprint density at radius 1 is 0.963 bits per heavy atom. The Labute approximate surface area is 146 Å². The topological polar surface area (TPSA) is 38.3 Å². The van der Waals surface area contributed by atoms with Crippen LogP contribution in [0.15, 0.2) is 42.5 Å². The van der Waals surface area contributed by atoms with Crippen molar-refractivity contribution in [2.75, 3.05) is 11.9 Å². The number of benzene rings is 2. The van der Waals surface area contributed by atoms with Gasteiger partial charge in [-0.25, -0.2) is 13.6 Å². The van der Waals surface area contributed by atoms with Crippen molar-refractivity contribution in [3.63, 3.8) is 0 Å². The zero-order valence-corrected chi connectivity index (χ0v) is 13.2. The van der Waals surface area contributed by atoms with Crippen LogP contribution in [0.3, 0.4) is 0 Å². The van der Waals surface area contributed by atoms with Crippen LogP contribution in [0.4, 0.5) is 45.6 Å². The summed E-state index contributed by atoms with van der Waals surface area (Å²) in [6.07, 6.45) is -6.69. The highest BCUT2D eigenvalue weighted by molar-refractivity contribution is 6.00. The minimum absolute atomic E-state index is 0.0751. The lowest BCUT2D eigenvalue weighted by Gasteiger charge is -2.31. The molecule has 2 rings (SSSR count). The number of amides is 1. The van der Waals surface area contributed by atoms with E-state index in [2.05, 4.69) is 4.74 Å². The SMILES string of the molecule is O=C(Nc1cccc2ccccc12)OCC(F)(F)C(F)(F)C(F)(F)C(F)F. The van der Waals surface area contributed by atoms with Gasteiger partial charge >= 0.3 is 30.3 Å². The summed E-state index contributed by atoms with van der Waals surface area (Å²) in [6.45, 7) is -2.53. The van der Waals surface area contributed by atoms with Crippen LogP contribution in [0.5, 0.6) is 0 Å². The molecular formula is C16H11F8NO2. The van der Waals surface area contributed by atoms with Crippen molar-refractivity contribution in [2.24, 2.45) is 0 Å². The van der Waals surface area contributed by atoms with E-state index in [1.165, 1.54) is 12.1 Å². The molecule has 0 aromatic heterocycles. The molecule has 11 heteroatoms. The number of halogens is 8. The number of carbonyl (C=O) groups is 1. The average Bonchev–Trinajstić information content (AvgIpc) is 2.60. The number of ether oxygens (including phenoxy) is 1. The van der Waals surface area contributed by atoms with Crippen molar-refractivity contribution in [3.05, 3.63) is 42.5 Å². The van der Waals surface area contributed by atoms with Gasteiger partial charge in [-0.1, -0.05) is 36.4 Å².